The lowest BCUT2D eigenvalue weighted by Crippen LogP contribution is -2.55. The van der Waals surface area contributed by atoms with Crippen molar-refractivity contribution in [2.75, 3.05) is 49.3 Å². The summed E-state index contributed by atoms with van der Waals surface area (Å²) in [5.41, 5.74) is -3.63. The van der Waals surface area contributed by atoms with Crippen molar-refractivity contribution in [2.45, 2.75) is 31.0 Å². The van der Waals surface area contributed by atoms with Gasteiger partial charge >= 0.3 is 6.18 Å². The van der Waals surface area contributed by atoms with E-state index in [1.54, 1.807) is 0 Å². The summed E-state index contributed by atoms with van der Waals surface area (Å²) >= 11 is 5.57. The molecule has 1 spiro atoms. The lowest BCUT2D eigenvalue weighted by atomic mass is 9.75. The molecule has 0 N–H and O–H groups in total. The fraction of sp³-hybridized carbons (Fsp3) is 0.440. The molecule has 3 fully saturated rings. The molecule has 2 saturated heterocycles. The van der Waals surface area contributed by atoms with Crippen LogP contribution in [-0.2, 0) is 15.7 Å². The molecule has 0 unspecified atom stereocenters. The molecule has 1 aromatic heterocycles. The minimum atomic E-state index is -4.96. The Labute approximate surface area is 221 Å². The quantitative estimate of drug-likeness (QED) is 0.397. The normalized spacial score (nSPS) is 19.6. The van der Waals surface area contributed by atoms with E-state index in [1.165, 1.54) is 29.2 Å². The van der Waals surface area contributed by atoms with Crippen molar-refractivity contribution >= 4 is 34.6 Å². The predicted molar refractivity (Wildman–Crippen MR) is 132 cm³/mol. The molecular formula is C25H23F4N5O3S. The van der Waals surface area contributed by atoms with Gasteiger partial charge in [0.2, 0.25) is 0 Å². The van der Waals surface area contributed by atoms with Crippen LogP contribution in [0.25, 0.3) is 0 Å². The largest absolute Gasteiger partial charge is 0.489 e. The van der Waals surface area contributed by atoms with Gasteiger partial charge in [-0.1, -0.05) is 0 Å². The van der Waals surface area contributed by atoms with Crippen LogP contribution in [0.15, 0.2) is 30.5 Å². The maximum atomic E-state index is 14.6. The highest BCUT2D eigenvalue weighted by Crippen LogP contribution is 2.50. The molecule has 1 aromatic carbocycles. The summed E-state index contributed by atoms with van der Waals surface area (Å²) in [7, 11) is 0. The second kappa shape index (κ2) is 10.1. The number of aromatic nitrogens is 1. The topological polar surface area (TPSA) is 81.9 Å². The van der Waals surface area contributed by atoms with E-state index < -0.39 is 40.4 Å². The molecule has 200 valence electrons. The van der Waals surface area contributed by atoms with E-state index in [0.29, 0.717) is 44.7 Å². The number of pyridine rings is 1. The Balaban J connectivity index is 1.47. The molecule has 5 rings (SSSR count). The van der Waals surface area contributed by atoms with Gasteiger partial charge < -0.3 is 14.4 Å². The molecule has 8 nitrogen and oxygen atoms in total. The number of ether oxygens (including phenoxy) is 2. The summed E-state index contributed by atoms with van der Waals surface area (Å²) in [6, 6.07) is 6.49. The molecule has 0 bridgehead atoms. The minimum absolute atomic E-state index is 0.0504. The Hall–Kier alpha value is -3.34. The third kappa shape index (κ3) is 4.46. The van der Waals surface area contributed by atoms with Crippen LogP contribution in [0.1, 0.15) is 30.5 Å². The van der Waals surface area contributed by atoms with E-state index in [0.717, 1.165) is 30.3 Å². The number of nitriles is 1. The summed E-state index contributed by atoms with van der Waals surface area (Å²) in [5.74, 6) is -1.29. The van der Waals surface area contributed by atoms with Gasteiger partial charge in [0.15, 0.2) is 22.4 Å². The van der Waals surface area contributed by atoms with Gasteiger partial charge in [-0.25, -0.2) is 9.37 Å². The van der Waals surface area contributed by atoms with Crippen LogP contribution in [0.5, 0.6) is 5.75 Å². The van der Waals surface area contributed by atoms with Crippen molar-refractivity contribution in [3.05, 3.63) is 47.5 Å². The van der Waals surface area contributed by atoms with Crippen molar-refractivity contribution in [3.63, 3.8) is 0 Å². The van der Waals surface area contributed by atoms with Gasteiger partial charge in [-0.3, -0.25) is 14.6 Å². The fourth-order valence-corrected chi connectivity index (χ4v) is 5.51. The van der Waals surface area contributed by atoms with E-state index in [2.05, 4.69) is 9.88 Å². The highest BCUT2D eigenvalue weighted by Gasteiger charge is 2.60. The Morgan fingerprint density at radius 2 is 1.95 bits per heavy atom. The molecule has 3 aliphatic rings. The van der Waals surface area contributed by atoms with Crippen molar-refractivity contribution in [1.82, 2.24) is 9.88 Å². The number of nitrogens with zero attached hydrogens (tertiary/aromatic N) is 5. The fourth-order valence-electron chi connectivity index (χ4n) is 5.05. The monoisotopic (exact) mass is 549 g/mol. The van der Waals surface area contributed by atoms with E-state index in [4.69, 9.17) is 21.7 Å². The van der Waals surface area contributed by atoms with Crippen LogP contribution < -0.4 is 14.5 Å². The highest BCUT2D eigenvalue weighted by molar-refractivity contribution is 7.81. The molecule has 3 heterocycles. The van der Waals surface area contributed by atoms with Gasteiger partial charge in [0.25, 0.3) is 5.91 Å². The molecule has 0 radical (unpaired) electrons. The van der Waals surface area contributed by atoms with E-state index in [-0.39, 0.29) is 17.5 Å². The zero-order chi connectivity index (χ0) is 27.1. The third-order valence-electron chi connectivity index (χ3n) is 7.09. The number of carbonyl (C=O) groups excluding carboxylic acids is 1. The number of amides is 1. The summed E-state index contributed by atoms with van der Waals surface area (Å²) in [6.07, 6.45) is -2.56. The van der Waals surface area contributed by atoms with Crippen LogP contribution in [0.3, 0.4) is 0 Å². The molecule has 38 heavy (non-hydrogen) atoms. The van der Waals surface area contributed by atoms with Gasteiger partial charge in [-0.15, -0.1) is 0 Å². The molecular weight excluding hydrogens is 526 g/mol. The third-order valence-corrected chi connectivity index (χ3v) is 7.46. The summed E-state index contributed by atoms with van der Waals surface area (Å²) < 4.78 is 67.7. The smallest absolute Gasteiger partial charge is 0.421 e. The maximum absolute atomic E-state index is 14.6. The first-order valence-electron chi connectivity index (χ1n) is 12.0. The Morgan fingerprint density at radius 1 is 1.21 bits per heavy atom. The van der Waals surface area contributed by atoms with Crippen molar-refractivity contribution in [1.29, 1.82) is 5.26 Å². The SMILES string of the molecule is N#Cc1nccc(N2C(=O)C3(CCC3)N(c3ccc(F)c(OCCN4CCOCC4)c3)C2=S)c1C(F)(F)F. The zero-order valence-electron chi connectivity index (χ0n) is 20.1. The number of alkyl halides is 3. The van der Waals surface area contributed by atoms with Crippen molar-refractivity contribution in [2.24, 2.45) is 0 Å². The summed E-state index contributed by atoms with van der Waals surface area (Å²) in [4.78, 5) is 21.7. The Kier molecular flexibility index (Phi) is 6.97. The number of halogens is 4. The number of morpholine rings is 1. The van der Waals surface area contributed by atoms with E-state index in [1.807, 2.05) is 0 Å². The predicted octanol–water partition coefficient (Wildman–Crippen LogP) is 3.88. The number of carbonyl (C=O) groups is 1. The van der Waals surface area contributed by atoms with Gasteiger partial charge in [-0.05, 0) is 49.7 Å². The molecule has 1 amide bonds. The molecule has 2 aromatic rings. The minimum Gasteiger partial charge on any atom is -0.489 e. The second-order valence-corrected chi connectivity index (χ2v) is 9.59. The van der Waals surface area contributed by atoms with Crippen LogP contribution in [0.4, 0.5) is 28.9 Å². The number of benzene rings is 1. The highest BCUT2D eigenvalue weighted by atomic mass is 32.1. The van der Waals surface area contributed by atoms with Crippen LogP contribution in [0, 0.1) is 17.1 Å². The number of hydrogen-bond donors (Lipinski definition) is 0. The first-order valence-corrected chi connectivity index (χ1v) is 12.5. The number of thiocarbonyl (C=S) groups is 1. The van der Waals surface area contributed by atoms with E-state index >= 15 is 0 Å². The van der Waals surface area contributed by atoms with Gasteiger partial charge in [0.05, 0.1) is 18.9 Å². The van der Waals surface area contributed by atoms with Crippen LogP contribution >= 0.6 is 12.2 Å². The molecule has 0 atom stereocenters. The van der Waals surface area contributed by atoms with Crippen LogP contribution in [-0.4, -0.2) is 65.9 Å². The molecule has 2 aliphatic heterocycles. The van der Waals surface area contributed by atoms with Crippen molar-refractivity contribution in [3.8, 4) is 11.8 Å². The summed E-state index contributed by atoms with van der Waals surface area (Å²) in [6.45, 7) is 3.50. The van der Waals surface area contributed by atoms with Gasteiger partial charge in [0.1, 0.15) is 23.8 Å². The number of anilines is 2. The lowest BCUT2D eigenvalue weighted by molar-refractivity contribution is -0.137. The van der Waals surface area contributed by atoms with Gasteiger partial charge in [-0.2, -0.15) is 18.4 Å². The first-order chi connectivity index (χ1) is 18.2. The Bertz CT molecular complexity index is 1300. The first kappa shape index (κ1) is 26.3. The Morgan fingerprint density at radius 3 is 2.58 bits per heavy atom. The number of rotatable bonds is 6. The maximum Gasteiger partial charge on any atom is 0.421 e. The van der Waals surface area contributed by atoms with E-state index in [9.17, 15) is 27.6 Å². The zero-order valence-corrected chi connectivity index (χ0v) is 20.9. The average Bonchev–Trinajstić information content (AvgIpc) is 3.11. The summed E-state index contributed by atoms with van der Waals surface area (Å²) in [5, 5.41) is 9.07. The average molecular weight is 550 g/mol. The standard InChI is InChI=1S/C25H23F4N5O3S/c26-17-3-2-16(14-20(17)37-13-10-32-8-11-36-12-9-32)34-23(38)33(22(35)24(34)5-1-6-24)19-4-7-31-18(15-30)21(19)25(27,28)29/h2-4,7,14H,1,5-6,8-13H2. The molecule has 1 aliphatic carbocycles. The molecule has 13 heteroatoms. The second-order valence-electron chi connectivity index (χ2n) is 9.22. The molecule has 1 saturated carbocycles. The lowest BCUT2D eigenvalue weighted by Gasteiger charge is -2.43. The van der Waals surface area contributed by atoms with Gasteiger partial charge in [0, 0.05) is 37.6 Å². The van der Waals surface area contributed by atoms with Crippen molar-refractivity contribution < 1.29 is 31.8 Å². The number of hydrogen-bond acceptors (Lipinski definition) is 7. The van der Waals surface area contributed by atoms with Crippen LogP contribution in [0.2, 0.25) is 0 Å².